The molecule has 6 rings (SSSR count). The van der Waals surface area contributed by atoms with E-state index in [0.29, 0.717) is 31.1 Å². The lowest BCUT2D eigenvalue weighted by molar-refractivity contribution is -0.228. The fraction of sp³-hybridized carbons (Fsp3) is 0.633. The smallest absolute Gasteiger partial charge is 0.0972 e. The fourth-order valence-corrected chi connectivity index (χ4v) is 8.11. The first kappa shape index (κ1) is 24.9. The maximum absolute atomic E-state index is 12.3. The van der Waals surface area contributed by atoms with E-state index in [1.54, 1.807) is 0 Å². The van der Waals surface area contributed by atoms with Crippen molar-refractivity contribution in [2.45, 2.75) is 82.0 Å². The molecule has 0 amide bonds. The summed E-state index contributed by atoms with van der Waals surface area (Å²) in [5.41, 5.74) is 0.269. The van der Waals surface area contributed by atoms with Gasteiger partial charge < -0.3 is 20.6 Å². The molecule has 0 aliphatic heterocycles. The molecular weight excluding hydrogens is 436 g/mol. The average molecular weight is 479 g/mol. The number of hydrogen-bond acceptors (Lipinski definition) is 5. The number of nitrogens with zero attached hydrogens (tertiary/aromatic N) is 1. The molecule has 3 fully saturated rings. The molecule has 2 aromatic rings. The van der Waals surface area contributed by atoms with Crippen LogP contribution in [0, 0.1) is 23.2 Å². The second-order valence-electron chi connectivity index (χ2n) is 11.9. The Morgan fingerprint density at radius 1 is 0.971 bits per heavy atom. The highest BCUT2D eigenvalue weighted by molar-refractivity contribution is 5.87. The van der Waals surface area contributed by atoms with E-state index in [1.165, 1.54) is 16.5 Å². The van der Waals surface area contributed by atoms with Crippen LogP contribution < -0.4 is 5.32 Å². The van der Waals surface area contributed by atoms with Crippen molar-refractivity contribution in [3.8, 4) is 0 Å². The van der Waals surface area contributed by atoms with Gasteiger partial charge in [-0.2, -0.15) is 0 Å². The van der Waals surface area contributed by atoms with E-state index in [1.807, 2.05) is 32.6 Å². The van der Waals surface area contributed by atoms with Crippen molar-refractivity contribution in [2.24, 2.45) is 23.2 Å². The van der Waals surface area contributed by atoms with Gasteiger partial charge in [0.1, 0.15) is 0 Å². The van der Waals surface area contributed by atoms with Gasteiger partial charge in [-0.05, 0) is 118 Å². The number of pyridine rings is 1. The molecule has 5 heteroatoms. The van der Waals surface area contributed by atoms with Crippen molar-refractivity contribution >= 4 is 16.3 Å². The molecule has 1 aromatic heterocycles. The van der Waals surface area contributed by atoms with E-state index in [4.69, 9.17) is 0 Å². The Hall–Kier alpha value is -1.79. The van der Waals surface area contributed by atoms with Crippen molar-refractivity contribution in [1.82, 2.24) is 10.3 Å². The summed E-state index contributed by atoms with van der Waals surface area (Å²) in [5.74, 6) is 0.868. The summed E-state index contributed by atoms with van der Waals surface area (Å²) in [5, 5.41) is 39.5. The first-order valence-corrected chi connectivity index (χ1v) is 13.5. The molecule has 5 nitrogen and oxygen atoms in total. The molecule has 0 spiro atoms. The van der Waals surface area contributed by atoms with Gasteiger partial charge in [0.25, 0.3) is 0 Å². The van der Waals surface area contributed by atoms with Crippen LogP contribution in [0.1, 0.15) is 70.3 Å². The number of aromatic nitrogens is 1. The summed E-state index contributed by atoms with van der Waals surface area (Å²) in [6, 6.07) is 8.64. The third kappa shape index (κ3) is 4.05. The largest absolute Gasteiger partial charge is 0.393 e. The standard InChI is InChI=1S/C28H35NO3.C2H7N/c1-26-11-12-27(31)16-21-15-23(30)5-4-18(21)8-10-28(27,32)25(26)7-6-24(26)20-3-2-19-9-13-29-17-22(19)14-20;1-3-2/h2-3,6,9,13-14,17-18,21,23,25,30-32H,4-5,7-8,10-12,15-16H2,1H3;3H,1-2H3/t18?,21?,23?,25?,26?,27?,28-;/m0./s1. The van der Waals surface area contributed by atoms with Crippen LogP contribution in [0.2, 0.25) is 0 Å². The van der Waals surface area contributed by atoms with Crippen LogP contribution in [0.25, 0.3) is 16.3 Å². The maximum atomic E-state index is 12.3. The lowest BCUT2D eigenvalue weighted by Gasteiger charge is -2.57. The Balaban J connectivity index is 0.000000806. The Bertz CT molecular complexity index is 1100. The Morgan fingerprint density at radius 2 is 1.77 bits per heavy atom. The van der Waals surface area contributed by atoms with Gasteiger partial charge >= 0.3 is 0 Å². The van der Waals surface area contributed by atoms with Gasteiger partial charge in [0.05, 0.1) is 17.3 Å². The summed E-state index contributed by atoms with van der Waals surface area (Å²) < 4.78 is 0. The highest BCUT2D eigenvalue weighted by Gasteiger charge is 2.65. The van der Waals surface area contributed by atoms with E-state index < -0.39 is 11.2 Å². The van der Waals surface area contributed by atoms with Crippen LogP contribution >= 0.6 is 0 Å². The van der Waals surface area contributed by atoms with Gasteiger partial charge in [-0.1, -0.05) is 25.1 Å². The van der Waals surface area contributed by atoms with E-state index >= 15 is 0 Å². The summed E-state index contributed by atoms with van der Waals surface area (Å²) >= 11 is 0. The molecule has 4 N–H and O–H groups in total. The van der Waals surface area contributed by atoms with Gasteiger partial charge in [-0.25, -0.2) is 0 Å². The van der Waals surface area contributed by atoms with Gasteiger partial charge in [-0.15, -0.1) is 0 Å². The number of rotatable bonds is 1. The van der Waals surface area contributed by atoms with Crippen molar-refractivity contribution in [2.75, 3.05) is 14.1 Å². The predicted molar refractivity (Wildman–Crippen MR) is 141 cm³/mol. The number of fused-ring (bicyclic) bond motifs is 5. The Morgan fingerprint density at radius 3 is 2.57 bits per heavy atom. The van der Waals surface area contributed by atoms with Crippen LogP contribution in [-0.4, -0.2) is 51.7 Å². The maximum Gasteiger partial charge on any atom is 0.0972 e. The summed E-state index contributed by atoms with van der Waals surface area (Å²) in [4.78, 5) is 4.29. The van der Waals surface area contributed by atoms with Crippen molar-refractivity contribution in [3.05, 3.63) is 48.3 Å². The molecule has 190 valence electrons. The highest BCUT2D eigenvalue weighted by Crippen LogP contribution is 2.65. The van der Waals surface area contributed by atoms with Gasteiger partial charge in [0, 0.05) is 23.7 Å². The molecule has 1 aromatic carbocycles. The average Bonchev–Trinajstić information content (AvgIpc) is 3.14. The second-order valence-corrected chi connectivity index (χ2v) is 11.9. The zero-order chi connectivity index (χ0) is 24.8. The molecule has 0 saturated heterocycles. The van der Waals surface area contributed by atoms with Crippen LogP contribution in [0.5, 0.6) is 0 Å². The number of aliphatic hydroxyl groups is 3. The first-order chi connectivity index (χ1) is 16.7. The van der Waals surface area contributed by atoms with Gasteiger partial charge in [-0.3, -0.25) is 4.98 Å². The van der Waals surface area contributed by atoms with Crippen molar-refractivity contribution in [1.29, 1.82) is 0 Å². The topological polar surface area (TPSA) is 85.6 Å². The van der Waals surface area contributed by atoms with Gasteiger partial charge in [0.15, 0.2) is 0 Å². The normalized spacial score (nSPS) is 40.5. The number of aliphatic hydroxyl groups excluding tert-OH is 1. The zero-order valence-electron chi connectivity index (χ0n) is 21.5. The number of benzene rings is 1. The predicted octanol–water partition coefficient (Wildman–Crippen LogP) is 4.70. The first-order valence-electron chi connectivity index (χ1n) is 13.5. The van der Waals surface area contributed by atoms with E-state index in [9.17, 15) is 15.3 Å². The quantitative estimate of drug-likeness (QED) is 0.478. The van der Waals surface area contributed by atoms with E-state index in [2.05, 4.69) is 41.5 Å². The van der Waals surface area contributed by atoms with Crippen LogP contribution in [0.15, 0.2) is 42.7 Å². The molecule has 0 radical (unpaired) electrons. The number of hydrogen-bond donors (Lipinski definition) is 4. The molecule has 6 unspecified atom stereocenters. The molecule has 4 aliphatic carbocycles. The van der Waals surface area contributed by atoms with Crippen molar-refractivity contribution < 1.29 is 15.3 Å². The second kappa shape index (κ2) is 9.26. The third-order valence-corrected chi connectivity index (χ3v) is 9.94. The van der Waals surface area contributed by atoms with Crippen LogP contribution in [0.3, 0.4) is 0 Å². The van der Waals surface area contributed by atoms with E-state index in [0.717, 1.165) is 43.9 Å². The minimum Gasteiger partial charge on any atom is -0.393 e. The third-order valence-electron chi connectivity index (χ3n) is 9.94. The molecule has 4 aliphatic rings. The zero-order valence-corrected chi connectivity index (χ0v) is 21.5. The fourth-order valence-electron chi connectivity index (χ4n) is 8.11. The highest BCUT2D eigenvalue weighted by atomic mass is 16.4. The molecule has 35 heavy (non-hydrogen) atoms. The Labute approximate surface area is 209 Å². The number of nitrogens with one attached hydrogen (secondary N) is 1. The van der Waals surface area contributed by atoms with E-state index in [-0.39, 0.29) is 17.4 Å². The monoisotopic (exact) mass is 478 g/mol. The summed E-state index contributed by atoms with van der Waals surface area (Å²) in [6.45, 7) is 2.31. The molecule has 1 heterocycles. The van der Waals surface area contributed by atoms with Crippen LogP contribution in [0.4, 0.5) is 0 Å². The minimum atomic E-state index is -1.07. The molecule has 7 atom stereocenters. The SMILES string of the molecule is CC12CCC3(O)CC4CC(O)CCC4CC[C@]3(O)C1CC=C2c1ccc2ccncc2c1.CNC. The Kier molecular flexibility index (Phi) is 6.58. The summed E-state index contributed by atoms with van der Waals surface area (Å²) in [6.07, 6.45) is 13.1. The molecule has 0 bridgehead atoms. The molecular formula is C30H42N2O3. The minimum absolute atomic E-state index is 0.0263. The number of allylic oxidation sites excluding steroid dienone is 2. The van der Waals surface area contributed by atoms with Crippen molar-refractivity contribution in [3.63, 3.8) is 0 Å². The van der Waals surface area contributed by atoms with Gasteiger partial charge in [0.2, 0.25) is 0 Å². The lowest BCUT2D eigenvalue weighted by atomic mass is 9.52. The summed E-state index contributed by atoms with van der Waals surface area (Å²) in [7, 11) is 3.75. The lowest BCUT2D eigenvalue weighted by Crippen LogP contribution is -2.64. The molecule has 3 saturated carbocycles. The van der Waals surface area contributed by atoms with Crippen LogP contribution in [-0.2, 0) is 0 Å².